The summed E-state index contributed by atoms with van der Waals surface area (Å²) in [5.74, 6) is -0.458. The predicted octanol–water partition coefficient (Wildman–Crippen LogP) is -2.97. The van der Waals surface area contributed by atoms with Gasteiger partial charge in [-0.2, -0.15) is 0 Å². The summed E-state index contributed by atoms with van der Waals surface area (Å²) < 4.78 is 0. The molecule has 0 spiro atoms. The zero-order valence-corrected chi connectivity index (χ0v) is 12.7. The fourth-order valence-corrected chi connectivity index (χ4v) is 2.02. The molecule has 1 heterocycles. The second-order valence-corrected chi connectivity index (χ2v) is 5.15. The molecule has 0 saturated heterocycles. The van der Waals surface area contributed by atoms with Gasteiger partial charge in [0.15, 0.2) is 11.9 Å². The number of guanidine groups is 2. The summed E-state index contributed by atoms with van der Waals surface area (Å²) in [6, 6.07) is -0.974. The maximum absolute atomic E-state index is 12.1. The van der Waals surface area contributed by atoms with Crippen LogP contribution in [0.5, 0.6) is 0 Å². The van der Waals surface area contributed by atoms with E-state index in [4.69, 9.17) is 22.9 Å². The molecule has 0 aliphatic carbocycles. The summed E-state index contributed by atoms with van der Waals surface area (Å²) in [6.45, 7) is 0.624. The Balaban J connectivity index is 2.40. The number of aliphatic imine (C=N–C) groups is 2. The van der Waals surface area contributed by atoms with Gasteiger partial charge in [0, 0.05) is 26.1 Å². The van der Waals surface area contributed by atoms with E-state index in [2.05, 4.69) is 15.3 Å². The van der Waals surface area contributed by atoms with E-state index in [-0.39, 0.29) is 42.7 Å². The first-order valence-electron chi connectivity index (χ1n) is 6.98. The van der Waals surface area contributed by atoms with Crippen LogP contribution in [0, 0.1) is 0 Å². The van der Waals surface area contributed by atoms with Gasteiger partial charge in [-0.15, -0.1) is 0 Å². The molecule has 0 aromatic heterocycles. The van der Waals surface area contributed by atoms with Crippen LogP contribution in [0.15, 0.2) is 9.98 Å². The second kappa shape index (κ2) is 8.17. The van der Waals surface area contributed by atoms with Gasteiger partial charge >= 0.3 is 0 Å². The molecule has 1 aliphatic heterocycles. The SMILES string of the molecule is CN(C(=O)C[C@H](N)CCCN=C(N)N)C1CN=C(N)NC1=O. The van der Waals surface area contributed by atoms with Gasteiger partial charge in [-0.25, -0.2) is 0 Å². The molecule has 1 rings (SSSR count). The van der Waals surface area contributed by atoms with Crippen molar-refractivity contribution in [1.82, 2.24) is 10.2 Å². The highest BCUT2D eigenvalue weighted by Gasteiger charge is 2.30. The van der Waals surface area contributed by atoms with E-state index in [0.717, 1.165) is 0 Å². The minimum atomic E-state index is -0.659. The lowest BCUT2D eigenvalue weighted by Crippen LogP contribution is -2.56. The van der Waals surface area contributed by atoms with E-state index in [1.165, 1.54) is 4.90 Å². The van der Waals surface area contributed by atoms with Crippen LogP contribution in [0.25, 0.3) is 0 Å². The van der Waals surface area contributed by atoms with Crippen molar-refractivity contribution in [3.63, 3.8) is 0 Å². The second-order valence-electron chi connectivity index (χ2n) is 5.15. The lowest BCUT2D eigenvalue weighted by atomic mass is 10.1. The number of amides is 2. The monoisotopic (exact) mass is 312 g/mol. The minimum absolute atomic E-state index is 0.0347. The van der Waals surface area contributed by atoms with Crippen LogP contribution < -0.4 is 28.3 Å². The number of nitrogens with two attached hydrogens (primary N) is 4. The van der Waals surface area contributed by atoms with Crippen molar-refractivity contribution in [3.05, 3.63) is 0 Å². The smallest absolute Gasteiger partial charge is 0.251 e. The highest BCUT2D eigenvalue weighted by atomic mass is 16.2. The number of hydrogen-bond acceptors (Lipinski definition) is 6. The van der Waals surface area contributed by atoms with Crippen LogP contribution in [-0.4, -0.2) is 60.9 Å². The van der Waals surface area contributed by atoms with Crippen LogP contribution in [-0.2, 0) is 9.59 Å². The van der Waals surface area contributed by atoms with Crippen LogP contribution in [0.1, 0.15) is 19.3 Å². The Bertz CT molecular complexity index is 472. The molecule has 10 heteroatoms. The van der Waals surface area contributed by atoms with Gasteiger partial charge in [0.25, 0.3) is 5.91 Å². The number of carbonyl (C=O) groups excluding carboxylic acids is 2. The van der Waals surface area contributed by atoms with Crippen LogP contribution in [0.4, 0.5) is 0 Å². The third-order valence-corrected chi connectivity index (χ3v) is 3.31. The number of nitrogens with zero attached hydrogens (tertiary/aromatic N) is 3. The van der Waals surface area contributed by atoms with Crippen molar-refractivity contribution in [3.8, 4) is 0 Å². The molecule has 0 fully saturated rings. The quantitative estimate of drug-likeness (QED) is 0.190. The Morgan fingerprint density at radius 3 is 2.82 bits per heavy atom. The number of hydrogen-bond donors (Lipinski definition) is 5. The van der Waals surface area contributed by atoms with Gasteiger partial charge in [-0.1, -0.05) is 0 Å². The normalized spacial score (nSPS) is 18.9. The zero-order chi connectivity index (χ0) is 16.7. The highest BCUT2D eigenvalue weighted by Crippen LogP contribution is 2.07. The first-order chi connectivity index (χ1) is 10.3. The Morgan fingerprint density at radius 2 is 2.23 bits per heavy atom. The van der Waals surface area contributed by atoms with Crippen LogP contribution >= 0.6 is 0 Å². The Hall–Kier alpha value is -2.36. The molecule has 10 nitrogen and oxygen atoms in total. The van der Waals surface area contributed by atoms with Crippen molar-refractivity contribution >= 4 is 23.7 Å². The molecule has 22 heavy (non-hydrogen) atoms. The molecule has 0 bridgehead atoms. The topological polar surface area (TPSA) is 178 Å². The van der Waals surface area contributed by atoms with Gasteiger partial charge in [0.05, 0.1) is 6.54 Å². The summed E-state index contributed by atoms with van der Waals surface area (Å²) >= 11 is 0. The van der Waals surface area contributed by atoms with Crippen molar-refractivity contribution in [2.75, 3.05) is 20.1 Å². The third kappa shape index (κ3) is 5.56. The summed E-state index contributed by atoms with van der Waals surface area (Å²) in [5.41, 5.74) is 21.7. The van der Waals surface area contributed by atoms with E-state index in [1.54, 1.807) is 7.05 Å². The zero-order valence-electron chi connectivity index (χ0n) is 12.7. The van der Waals surface area contributed by atoms with Gasteiger partial charge < -0.3 is 27.8 Å². The average Bonchev–Trinajstić information content (AvgIpc) is 2.42. The number of rotatable bonds is 7. The number of carbonyl (C=O) groups is 2. The van der Waals surface area contributed by atoms with Gasteiger partial charge in [0.1, 0.15) is 6.04 Å². The number of nitrogens with one attached hydrogen (secondary N) is 1. The standard InChI is InChI=1S/C12H24N8O2/c1-20(8-6-18-12(16)19-10(8)22)9(21)5-7(13)3-2-4-17-11(14)15/h7-8H,2-6,13H2,1H3,(H4,14,15,17)(H3,16,18,19,22)/t7-,8?/m1/s1. The van der Waals surface area contributed by atoms with Crippen molar-refractivity contribution < 1.29 is 9.59 Å². The lowest BCUT2D eigenvalue weighted by molar-refractivity contribution is -0.138. The van der Waals surface area contributed by atoms with Gasteiger partial charge in [-0.3, -0.25) is 24.9 Å². The van der Waals surface area contributed by atoms with E-state index >= 15 is 0 Å². The van der Waals surface area contributed by atoms with Crippen molar-refractivity contribution in [2.24, 2.45) is 32.9 Å². The Kier molecular flexibility index (Phi) is 6.57. The Morgan fingerprint density at radius 1 is 1.55 bits per heavy atom. The summed E-state index contributed by atoms with van der Waals surface area (Å²) in [7, 11) is 1.55. The fourth-order valence-electron chi connectivity index (χ4n) is 2.02. The van der Waals surface area contributed by atoms with E-state index in [0.29, 0.717) is 19.4 Å². The average molecular weight is 312 g/mol. The van der Waals surface area contributed by atoms with Crippen molar-refractivity contribution in [1.29, 1.82) is 0 Å². The fraction of sp³-hybridized carbons (Fsp3) is 0.667. The molecule has 2 amide bonds. The van der Waals surface area contributed by atoms with Crippen LogP contribution in [0.3, 0.4) is 0 Å². The van der Waals surface area contributed by atoms with Gasteiger partial charge in [0.2, 0.25) is 5.91 Å². The molecule has 2 atom stereocenters. The summed E-state index contributed by atoms with van der Waals surface area (Å²) in [5, 5.41) is 2.40. The molecular formula is C12H24N8O2. The first kappa shape index (κ1) is 17.7. The molecule has 9 N–H and O–H groups in total. The van der Waals surface area contributed by atoms with Crippen molar-refractivity contribution in [2.45, 2.75) is 31.3 Å². The molecule has 0 saturated carbocycles. The minimum Gasteiger partial charge on any atom is -0.370 e. The molecule has 124 valence electrons. The summed E-state index contributed by atoms with van der Waals surface area (Å²) in [6.07, 6.45) is 1.43. The first-order valence-corrected chi connectivity index (χ1v) is 6.98. The molecule has 1 unspecified atom stereocenters. The maximum Gasteiger partial charge on any atom is 0.251 e. The van der Waals surface area contributed by atoms with E-state index < -0.39 is 6.04 Å². The predicted molar refractivity (Wildman–Crippen MR) is 83.7 cm³/mol. The van der Waals surface area contributed by atoms with Gasteiger partial charge in [-0.05, 0) is 12.8 Å². The Labute approximate surface area is 129 Å². The molecule has 0 radical (unpaired) electrons. The maximum atomic E-state index is 12.1. The molecule has 1 aliphatic rings. The largest absolute Gasteiger partial charge is 0.370 e. The molecule has 0 aromatic rings. The van der Waals surface area contributed by atoms with E-state index in [1.807, 2.05) is 0 Å². The third-order valence-electron chi connectivity index (χ3n) is 3.31. The number of likely N-dealkylation sites (N-methyl/N-ethyl adjacent to an activating group) is 1. The lowest BCUT2D eigenvalue weighted by Gasteiger charge is -2.29. The van der Waals surface area contributed by atoms with Crippen LogP contribution in [0.2, 0.25) is 0 Å². The molecular weight excluding hydrogens is 288 g/mol. The highest BCUT2D eigenvalue weighted by molar-refractivity contribution is 6.01. The van der Waals surface area contributed by atoms with E-state index in [9.17, 15) is 9.59 Å². The molecule has 0 aromatic carbocycles. The summed E-state index contributed by atoms with van der Waals surface area (Å²) in [4.78, 5) is 33.0.